The fraction of sp³-hybridized carbons (Fsp3) is 0.300. The Labute approximate surface area is 82.7 Å². The summed E-state index contributed by atoms with van der Waals surface area (Å²) in [6.07, 6.45) is 2.23. The molecule has 0 saturated heterocycles. The molecule has 1 aliphatic carbocycles. The molecule has 0 N–H and O–H groups in total. The molecule has 0 fully saturated rings. The van der Waals surface area contributed by atoms with Crippen LogP contribution in [0, 0.1) is 0 Å². The number of benzene rings is 1. The Balaban J connectivity index is 2.76. The molecule has 0 saturated carbocycles. The van der Waals surface area contributed by atoms with Gasteiger partial charge in [-0.3, -0.25) is 4.79 Å². The Morgan fingerprint density at radius 3 is 2.57 bits per heavy atom. The zero-order chi connectivity index (χ0) is 10.3. The molecule has 1 aliphatic rings. The maximum absolute atomic E-state index is 11.5. The summed E-state index contributed by atoms with van der Waals surface area (Å²) >= 11 is 0. The van der Waals surface area contributed by atoms with Crippen molar-refractivity contribution < 1.29 is 13.2 Å². The molecule has 0 aromatic heterocycles. The van der Waals surface area contributed by atoms with Crippen LogP contribution in [-0.2, 0) is 16.3 Å². The number of carbonyl (C=O) groups excluding carboxylic acids is 1. The van der Waals surface area contributed by atoms with Crippen LogP contribution >= 0.6 is 0 Å². The van der Waals surface area contributed by atoms with Crippen molar-refractivity contribution in [2.45, 2.75) is 17.7 Å². The van der Waals surface area contributed by atoms with Crippen LogP contribution < -0.4 is 0 Å². The van der Waals surface area contributed by atoms with Crippen molar-refractivity contribution in [2.24, 2.45) is 0 Å². The number of sulfone groups is 1. The van der Waals surface area contributed by atoms with Gasteiger partial charge < -0.3 is 0 Å². The summed E-state index contributed by atoms with van der Waals surface area (Å²) < 4.78 is 22.8. The first kappa shape index (κ1) is 9.40. The van der Waals surface area contributed by atoms with Gasteiger partial charge in [0.25, 0.3) is 0 Å². The lowest BCUT2D eigenvalue weighted by Crippen LogP contribution is -2.05. The monoisotopic (exact) mass is 210 g/mol. The topological polar surface area (TPSA) is 51.2 Å². The van der Waals surface area contributed by atoms with Gasteiger partial charge in [-0.1, -0.05) is 12.1 Å². The highest BCUT2D eigenvalue weighted by atomic mass is 32.2. The van der Waals surface area contributed by atoms with Crippen molar-refractivity contribution in [2.75, 3.05) is 6.26 Å². The van der Waals surface area contributed by atoms with Gasteiger partial charge in [-0.05, 0) is 18.1 Å². The molecule has 0 heterocycles. The summed E-state index contributed by atoms with van der Waals surface area (Å²) in [5, 5.41) is 0. The molecular weight excluding hydrogens is 200 g/mol. The highest BCUT2D eigenvalue weighted by Crippen LogP contribution is 2.27. The van der Waals surface area contributed by atoms with E-state index in [0.29, 0.717) is 18.4 Å². The van der Waals surface area contributed by atoms with Gasteiger partial charge in [-0.2, -0.15) is 0 Å². The molecule has 0 spiro atoms. The lowest BCUT2D eigenvalue weighted by Gasteiger charge is -2.04. The molecule has 3 nitrogen and oxygen atoms in total. The summed E-state index contributed by atoms with van der Waals surface area (Å²) in [5.41, 5.74) is 1.27. The standard InChI is InChI=1S/C10H10O3S/c1-14(12,13)9-4-2-3-7-5-6-8(11)10(7)9/h2-4H,5-6H2,1H3. The summed E-state index contributed by atoms with van der Waals surface area (Å²) in [7, 11) is -3.28. The van der Waals surface area contributed by atoms with E-state index < -0.39 is 9.84 Å². The first-order valence-corrected chi connectivity index (χ1v) is 6.24. The van der Waals surface area contributed by atoms with Gasteiger partial charge in [0.15, 0.2) is 15.6 Å². The van der Waals surface area contributed by atoms with E-state index in [1.807, 2.05) is 6.07 Å². The predicted molar refractivity (Wildman–Crippen MR) is 52.2 cm³/mol. The van der Waals surface area contributed by atoms with Crippen LogP contribution in [-0.4, -0.2) is 20.5 Å². The number of rotatable bonds is 1. The normalized spacial score (nSPS) is 15.6. The molecule has 0 amide bonds. The van der Waals surface area contributed by atoms with Crippen LogP contribution in [0.3, 0.4) is 0 Å². The lowest BCUT2D eigenvalue weighted by atomic mass is 10.1. The third-order valence-corrected chi connectivity index (χ3v) is 3.55. The number of fused-ring (bicyclic) bond motifs is 1. The minimum absolute atomic E-state index is 0.0546. The minimum atomic E-state index is -3.28. The first-order valence-electron chi connectivity index (χ1n) is 4.35. The molecular formula is C10H10O3S. The Bertz CT molecular complexity index is 500. The quantitative estimate of drug-likeness (QED) is 0.700. The molecule has 2 rings (SSSR count). The van der Waals surface area contributed by atoms with Crippen molar-refractivity contribution >= 4 is 15.6 Å². The lowest BCUT2D eigenvalue weighted by molar-refractivity contribution is 0.0992. The number of Topliss-reactive ketones (excluding diaryl/α,β-unsaturated/α-hetero) is 1. The van der Waals surface area contributed by atoms with Crippen molar-refractivity contribution in [3.8, 4) is 0 Å². The highest BCUT2D eigenvalue weighted by molar-refractivity contribution is 7.90. The van der Waals surface area contributed by atoms with Gasteiger partial charge in [0, 0.05) is 18.2 Å². The van der Waals surface area contributed by atoms with E-state index in [-0.39, 0.29) is 10.7 Å². The van der Waals surface area contributed by atoms with E-state index in [4.69, 9.17) is 0 Å². The second kappa shape index (κ2) is 2.92. The largest absolute Gasteiger partial charge is 0.294 e. The van der Waals surface area contributed by atoms with Crippen LogP contribution in [0.4, 0.5) is 0 Å². The van der Waals surface area contributed by atoms with E-state index in [2.05, 4.69) is 0 Å². The highest BCUT2D eigenvalue weighted by Gasteiger charge is 2.26. The Morgan fingerprint density at radius 2 is 1.93 bits per heavy atom. The molecule has 0 atom stereocenters. The second-order valence-corrected chi connectivity index (χ2v) is 5.47. The van der Waals surface area contributed by atoms with Crippen LogP contribution in [0.25, 0.3) is 0 Å². The fourth-order valence-electron chi connectivity index (χ4n) is 1.78. The summed E-state index contributed by atoms with van der Waals surface area (Å²) in [6, 6.07) is 5.00. The van der Waals surface area contributed by atoms with Crippen LogP contribution in [0.5, 0.6) is 0 Å². The smallest absolute Gasteiger partial charge is 0.176 e. The van der Waals surface area contributed by atoms with E-state index >= 15 is 0 Å². The van der Waals surface area contributed by atoms with Crippen LogP contribution in [0.1, 0.15) is 22.3 Å². The SMILES string of the molecule is CS(=O)(=O)c1cccc2c1C(=O)CC2. The van der Waals surface area contributed by atoms with Gasteiger partial charge >= 0.3 is 0 Å². The van der Waals surface area contributed by atoms with Crippen LogP contribution in [0.15, 0.2) is 23.1 Å². The fourth-order valence-corrected chi connectivity index (χ4v) is 2.73. The first-order chi connectivity index (χ1) is 6.50. The zero-order valence-electron chi connectivity index (χ0n) is 7.78. The molecule has 14 heavy (non-hydrogen) atoms. The summed E-state index contributed by atoms with van der Waals surface area (Å²) in [4.78, 5) is 11.6. The van der Waals surface area contributed by atoms with E-state index in [1.54, 1.807) is 6.07 Å². The van der Waals surface area contributed by atoms with Crippen molar-refractivity contribution in [1.29, 1.82) is 0 Å². The number of ketones is 1. The average Bonchev–Trinajstić information content (AvgIpc) is 2.46. The molecule has 1 aromatic rings. The molecule has 0 radical (unpaired) electrons. The zero-order valence-corrected chi connectivity index (χ0v) is 8.60. The van der Waals surface area contributed by atoms with E-state index in [0.717, 1.165) is 11.8 Å². The van der Waals surface area contributed by atoms with E-state index in [9.17, 15) is 13.2 Å². The number of aryl methyl sites for hydroxylation is 1. The maximum atomic E-state index is 11.5. The minimum Gasteiger partial charge on any atom is -0.294 e. The van der Waals surface area contributed by atoms with Crippen molar-refractivity contribution in [3.05, 3.63) is 29.3 Å². The molecule has 0 bridgehead atoms. The Morgan fingerprint density at radius 1 is 1.21 bits per heavy atom. The van der Waals surface area contributed by atoms with Gasteiger partial charge in [0.05, 0.1) is 4.90 Å². The van der Waals surface area contributed by atoms with Crippen molar-refractivity contribution in [1.82, 2.24) is 0 Å². The molecule has 74 valence electrons. The van der Waals surface area contributed by atoms with Gasteiger partial charge in [0.1, 0.15) is 0 Å². The Hall–Kier alpha value is -1.16. The number of carbonyl (C=O) groups is 1. The predicted octanol–water partition coefficient (Wildman–Crippen LogP) is 1.22. The molecule has 0 unspecified atom stereocenters. The second-order valence-electron chi connectivity index (χ2n) is 3.49. The molecule has 4 heteroatoms. The Kier molecular flexibility index (Phi) is 1.96. The summed E-state index contributed by atoms with van der Waals surface area (Å²) in [6.45, 7) is 0. The third-order valence-electron chi connectivity index (χ3n) is 2.41. The average molecular weight is 210 g/mol. The maximum Gasteiger partial charge on any atom is 0.176 e. The molecule has 0 aliphatic heterocycles. The van der Waals surface area contributed by atoms with Gasteiger partial charge in [-0.15, -0.1) is 0 Å². The van der Waals surface area contributed by atoms with Gasteiger partial charge in [-0.25, -0.2) is 8.42 Å². The van der Waals surface area contributed by atoms with E-state index in [1.165, 1.54) is 6.07 Å². The third kappa shape index (κ3) is 1.35. The van der Waals surface area contributed by atoms with Crippen LogP contribution in [0.2, 0.25) is 0 Å². The molecule has 1 aromatic carbocycles. The summed E-state index contributed by atoms with van der Waals surface area (Å²) in [5.74, 6) is -0.0546. The van der Waals surface area contributed by atoms with Crippen molar-refractivity contribution in [3.63, 3.8) is 0 Å². The number of hydrogen-bond acceptors (Lipinski definition) is 3. The van der Waals surface area contributed by atoms with Gasteiger partial charge in [0.2, 0.25) is 0 Å². The number of hydrogen-bond donors (Lipinski definition) is 0.